The molecule has 2 rings (SSSR count). The maximum absolute atomic E-state index is 11.6. The Labute approximate surface area is 103 Å². The number of carbonyl (C=O) groups excluding carboxylic acids is 1. The van der Waals surface area contributed by atoms with Crippen molar-refractivity contribution < 1.29 is 4.79 Å². The van der Waals surface area contributed by atoms with Crippen LogP contribution in [0.3, 0.4) is 0 Å². The van der Waals surface area contributed by atoms with Gasteiger partial charge in [0.2, 0.25) is 5.91 Å². The van der Waals surface area contributed by atoms with Crippen molar-refractivity contribution in [2.24, 2.45) is 5.92 Å². The van der Waals surface area contributed by atoms with E-state index in [1.54, 1.807) is 11.1 Å². The van der Waals surface area contributed by atoms with Gasteiger partial charge in [-0.3, -0.25) is 4.79 Å². The van der Waals surface area contributed by atoms with Crippen molar-refractivity contribution in [3.8, 4) is 0 Å². The Hall–Kier alpha value is -1.57. The van der Waals surface area contributed by atoms with Crippen molar-refractivity contribution in [2.75, 3.05) is 6.54 Å². The third-order valence-corrected chi connectivity index (χ3v) is 3.42. The van der Waals surface area contributed by atoms with E-state index >= 15 is 0 Å². The molecule has 90 valence electrons. The topological polar surface area (TPSA) is 20.3 Å². The van der Waals surface area contributed by atoms with Crippen LogP contribution in [-0.2, 0) is 4.79 Å². The second kappa shape index (κ2) is 5.17. The number of hydrogen-bond acceptors (Lipinski definition) is 1. The Bertz CT molecular complexity index is 399. The van der Waals surface area contributed by atoms with E-state index in [9.17, 15) is 4.79 Å². The molecule has 1 aliphatic carbocycles. The third-order valence-electron chi connectivity index (χ3n) is 3.42. The maximum atomic E-state index is 11.6. The van der Waals surface area contributed by atoms with Crippen molar-refractivity contribution in [1.82, 2.24) is 4.90 Å². The molecular formula is C15H19NO. The highest BCUT2D eigenvalue weighted by molar-refractivity contribution is 5.76. The highest BCUT2D eigenvalue weighted by Gasteiger charge is 2.39. The highest BCUT2D eigenvalue weighted by Crippen LogP contribution is 2.47. The SMILES string of the molecule is C=CN(CC1CC1c1ccccc1)C(=O)CC. The molecule has 2 nitrogen and oxygen atoms in total. The maximum Gasteiger partial charge on any atom is 0.226 e. The number of benzene rings is 1. The summed E-state index contributed by atoms with van der Waals surface area (Å²) >= 11 is 0. The van der Waals surface area contributed by atoms with Crippen LogP contribution in [0.2, 0.25) is 0 Å². The van der Waals surface area contributed by atoms with E-state index in [0.29, 0.717) is 18.3 Å². The van der Waals surface area contributed by atoms with E-state index in [4.69, 9.17) is 0 Å². The molecule has 2 unspecified atom stereocenters. The number of rotatable bonds is 5. The molecule has 0 spiro atoms. The van der Waals surface area contributed by atoms with Crippen LogP contribution in [0.1, 0.15) is 31.2 Å². The molecular weight excluding hydrogens is 210 g/mol. The molecule has 0 saturated heterocycles. The fourth-order valence-electron chi connectivity index (χ4n) is 2.29. The van der Waals surface area contributed by atoms with Gasteiger partial charge < -0.3 is 4.90 Å². The predicted molar refractivity (Wildman–Crippen MR) is 69.5 cm³/mol. The zero-order valence-electron chi connectivity index (χ0n) is 10.3. The van der Waals surface area contributed by atoms with E-state index in [0.717, 1.165) is 6.54 Å². The minimum absolute atomic E-state index is 0.165. The van der Waals surface area contributed by atoms with Crippen LogP contribution >= 0.6 is 0 Å². The lowest BCUT2D eigenvalue weighted by atomic mass is 10.1. The summed E-state index contributed by atoms with van der Waals surface area (Å²) in [5.41, 5.74) is 1.39. The van der Waals surface area contributed by atoms with Crippen LogP contribution < -0.4 is 0 Å². The van der Waals surface area contributed by atoms with E-state index in [-0.39, 0.29) is 5.91 Å². The van der Waals surface area contributed by atoms with Crippen LogP contribution in [0.25, 0.3) is 0 Å². The normalized spacial score (nSPS) is 21.9. The van der Waals surface area contributed by atoms with Gasteiger partial charge in [0, 0.05) is 13.0 Å². The first-order valence-electron chi connectivity index (χ1n) is 6.23. The summed E-state index contributed by atoms with van der Waals surface area (Å²) in [5.74, 6) is 1.40. The van der Waals surface area contributed by atoms with Crippen molar-refractivity contribution >= 4 is 5.91 Å². The van der Waals surface area contributed by atoms with Gasteiger partial charge in [0.05, 0.1) is 0 Å². The Morgan fingerprint density at radius 1 is 1.47 bits per heavy atom. The Morgan fingerprint density at radius 3 is 2.76 bits per heavy atom. The molecule has 2 heteroatoms. The van der Waals surface area contributed by atoms with E-state index in [1.165, 1.54) is 12.0 Å². The second-order valence-electron chi connectivity index (χ2n) is 4.60. The number of carbonyl (C=O) groups is 1. The molecule has 2 atom stereocenters. The first kappa shape index (κ1) is 11.9. The summed E-state index contributed by atoms with van der Waals surface area (Å²) in [4.78, 5) is 13.4. The lowest BCUT2D eigenvalue weighted by Crippen LogP contribution is -2.26. The third kappa shape index (κ3) is 2.76. The molecule has 1 aliphatic rings. The van der Waals surface area contributed by atoms with E-state index in [2.05, 4.69) is 30.8 Å². The first-order valence-corrected chi connectivity index (χ1v) is 6.23. The number of amides is 1. The van der Waals surface area contributed by atoms with Crippen LogP contribution in [0.5, 0.6) is 0 Å². The molecule has 1 fully saturated rings. The molecule has 0 heterocycles. The van der Waals surface area contributed by atoms with Crippen LogP contribution in [0.15, 0.2) is 43.1 Å². The highest BCUT2D eigenvalue weighted by atomic mass is 16.2. The fourth-order valence-corrected chi connectivity index (χ4v) is 2.29. The second-order valence-corrected chi connectivity index (χ2v) is 4.60. The molecule has 0 bridgehead atoms. The van der Waals surface area contributed by atoms with Crippen LogP contribution in [0, 0.1) is 5.92 Å². The summed E-state index contributed by atoms with van der Waals surface area (Å²) in [6.45, 7) is 6.42. The monoisotopic (exact) mass is 229 g/mol. The summed E-state index contributed by atoms with van der Waals surface area (Å²) in [6.07, 6.45) is 3.40. The Morgan fingerprint density at radius 2 is 2.18 bits per heavy atom. The van der Waals surface area contributed by atoms with Gasteiger partial charge in [-0.25, -0.2) is 0 Å². The largest absolute Gasteiger partial charge is 0.319 e. The average Bonchev–Trinajstić information content (AvgIpc) is 3.15. The summed E-state index contributed by atoms with van der Waals surface area (Å²) < 4.78 is 0. The lowest BCUT2D eigenvalue weighted by molar-refractivity contribution is -0.128. The van der Waals surface area contributed by atoms with Crippen LogP contribution in [0.4, 0.5) is 0 Å². The zero-order valence-corrected chi connectivity index (χ0v) is 10.3. The molecule has 1 aromatic rings. The van der Waals surface area contributed by atoms with Gasteiger partial charge in [0.15, 0.2) is 0 Å². The van der Waals surface area contributed by atoms with Gasteiger partial charge in [-0.15, -0.1) is 0 Å². The van der Waals surface area contributed by atoms with Gasteiger partial charge in [-0.1, -0.05) is 43.8 Å². The molecule has 0 N–H and O–H groups in total. The van der Waals surface area contributed by atoms with Crippen molar-refractivity contribution in [3.05, 3.63) is 48.7 Å². The fraction of sp³-hybridized carbons (Fsp3) is 0.400. The van der Waals surface area contributed by atoms with Gasteiger partial charge >= 0.3 is 0 Å². The minimum Gasteiger partial charge on any atom is -0.319 e. The van der Waals surface area contributed by atoms with Gasteiger partial charge in [0.25, 0.3) is 0 Å². The standard InChI is InChI=1S/C15H19NO/c1-3-15(17)16(4-2)11-13-10-14(13)12-8-6-5-7-9-12/h4-9,13-14H,2-3,10-11H2,1H3. The van der Waals surface area contributed by atoms with Gasteiger partial charge in [-0.05, 0) is 30.0 Å². The molecule has 0 aromatic heterocycles. The summed E-state index contributed by atoms with van der Waals surface area (Å²) in [6, 6.07) is 10.5. The van der Waals surface area contributed by atoms with E-state index in [1.807, 2.05) is 13.0 Å². The summed E-state index contributed by atoms with van der Waals surface area (Å²) in [7, 11) is 0. The first-order chi connectivity index (χ1) is 8.26. The molecule has 17 heavy (non-hydrogen) atoms. The van der Waals surface area contributed by atoms with Crippen molar-refractivity contribution in [3.63, 3.8) is 0 Å². The van der Waals surface area contributed by atoms with Crippen LogP contribution in [-0.4, -0.2) is 17.4 Å². The van der Waals surface area contributed by atoms with Gasteiger partial charge in [0.1, 0.15) is 0 Å². The molecule has 1 amide bonds. The molecule has 1 saturated carbocycles. The van der Waals surface area contributed by atoms with Crippen molar-refractivity contribution in [2.45, 2.75) is 25.7 Å². The lowest BCUT2D eigenvalue weighted by Gasteiger charge is -2.17. The molecule has 0 aliphatic heterocycles. The Balaban J connectivity index is 1.91. The molecule has 1 aromatic carbocycles. The quantitative estimate of drug-likeness (QED) is 0.759. The Kier molecular flexibility index (Phi) is 3.62. The van der Waals surface area contributed by atoms with Crippen molar-refractivity contribution in [1.29, 1.82) is 0 Å². The van der Waals surface area contributed by atoms with E-state index < -0.39 is 0 Å². The van der Waals surface area contributed by atoms with Gasteiger partial charge in [-0.2, -0.15) is 0 Å². The molecule has 0 radical (unpaired) electrons. The average molecular weight is 229 g/mol. The number of hydrogen-bond donors (Lipinski definition) is 0. The summed E-state index contributed by atoms with van der Waals surface area (Å²) in [5, 5.41) is 0. The predicted octanol–water partition coefficient (Wildman–Crippen LogP) is 3.17. The number of nitrogens with zero attached hydrogens (tertiary/aromatic N) is 1. The zero-order chi connectivity index (χ0) is 12.3. The smallest absolute Gasteiger partial charge is 0.226 e. The minimum atomic E-state index is 0.165.